The Morgan fingerprint density at radius 3 is 2.73 bits per heavy atom. The van der Waals surface area contributed by atoms with Gasteiger partial charge in [0.05, 0.1) is 0 Å². The second kappa shape index (κ2) is 4.45. The van der Waals surface area contributed by atoms with E-state index in [1.54, 1.807) is 0 Å². The molecule has 0 bridgehead atoms. The highest BCUT2D eigenvalue weighted by Crippen LogP contribution is 2.04. The Bertz CT molecular complexity index is 339. The average Bonchev–Trinajstić information content (AvgIpc) is 2.71. The van der Waals surface area contributed by atoms with Gasteiger partial charge in [-0.2, -0.15) is 0 Å². The first-order valence-electron chi connectivity index (χ1n) is 5.34. The lowest BCUT2D eigenvalue weighted by Gasteiger charge is -2.11. The fraction of sp³-hybridized carbons (Fsp3) is 0.417. The highest BCUT2D eigenvalue weighted by molar-refractivity contribution is 5.94. The van der Waals surface area contributed by atoms with Gasteiger partial charge in [0.1, 0.15) is 0 Å². The van der Waals surface area contributed by atoms with Gasteiger partial charge in [-0.1, -0.05) is 17.7 Å². The molecule has 3 nitrogen and oxygen atoms in total. The van der Waals surface area contributed by atoms with Gasteiger partial charge in [0.15, 0.2) is 0 Å². The summed E-state index contributed by atoms with van der Waals surface area (Å²) in [6, 6.07) is 7.95. The summed E-state index contributed by atoms with van der Waals surface area (Å²) in [4.78, 5) is 11.8. The quantitative estimate of drug-likeness (QED) is 0.757. The molecule has 0 radical (unpaired) electrons. The number of aryl methyl sites for hydroxylation is 1. The van der Waals surface area contributed by atoms with Crippen molar-refractivity contribution in [1.29, 1.82) is 0 Å². The topological polar surface area (TPSA) is 41.1 Å². The molecule has 1 aromatic rings. The summed E-state index contributed by atoms with van der Waals surface area (Å²) < 4.78 is 0. The molecule has 1 saturated heterocycles. The molecule has 1 heterocycles. The van der Waals surface area contributed by atoms with Crippen LogP contribution in [0.2, 0.25) is 0 Å². The standard InChI is InChI=1S/C12H16N2O/c1-9-2-4-10(5-3-9)12(15)14-11-6-7-13-8-11/h2-5,11,13H,6-8H2,1H3,(H,14,15). The van der Waals surface area contributed by atoms with Crippen molar-refractivity contribution in [1.82, 2.24) is 10.6 Å². The minimum atomic E-state index is 0.0312. The minimum Gasteiger partial charge on any atom is -0.348 e. The summed E-state index contributed by atoms with van der Waals surface area (Å²) in [7, 11) is 0. The monoisotopic (exact) mass is 204 g/mol. The molecule has 1 unspecified atom stereocenters. The molecule has 0 aromatic heterocycles. The van der Waals surface area contributed by atoms with Crippen LogP contribution in [0, 0.1) is 6.92 Å². The molecule has 1 fully saturated rings. The smallest absolute Gasteiger partial charge is 0.251 e. The molecule has 0 saturated carbocycles. The van der Waals surface area contributed by atoms with Crippen LogP contribution in [-0.4, -0.2) is 25.0 Å². The summed E-state index contributed by atoms with van der Waals surface area (Å²) in [5.41, 5.74) is 1.92. The Hall–Kier alpha value is -1.35. The number of carbonyl (C=O) groups excluding carboxylic acids is 1. The normalized spacial score (nSPS) is 20.2. The highest BCUT2D eigenvalue weighted by atomic mass is 16.1. The Labute approximate surface area is 89.9 Å². The number of amides is 1. The number of carbonyl (C=O) groups is 1. The molecule has 1 aliphatic rings. The van der Waals surface area contributed by atoms with Crippen molar-refractivity contribution in [2.24, 2.45) is 0 Å². The van der Waals surface area contributed by atoms with Crippen molar-refractivity contribution in [3.8, 4) is 0 Å². The van der Waals surface area contributed by atoms with Gasteiger partial charge in [-0.05, 0) is 32.0 Å². The molecule has 15 heavy (non-hydrogen) atoms. The van der Waals surface area contributed by atoms with E-state index < -0.39 is 0 Å². The SMILES string of the molecule is Cc1ccc(C(=O)NC2CCNC2)cc1. The third-order valence-corrected chi connectivity index (χ3v) is 2.71. The molecule has 0 aliphatic carbocycles. The van der Waals surface area contributed by atoms with Crippen LogP contribution in [0.15, 0.2) is 24.3 Å². The summed E-state index contributed by atoms with van der Waals surface area (Å²) in [6.07, 6.45) is 1.03. The van der Waals surface area contributed by atoms with Crippen LogP contribution in [0.4, 0.5) is 0 Å². The minimum absolute atomic E-state index is 0.0312. The Morgan fingerprint density at radius 1 is 1.40 bits per heavy atom. The van der Waals surface area contributed by atoms with E-state index in [9.17, 15) is 4.79 Å². The summed E-state index contributed by atoms with van der Waals surface area (Å²) in [5, 5.41) is 6.24. The van der Waals surface area contributed by atoms with Gasteiger partial charge in [0.25, 0.3) is 5.91 Å². The summed E-state index contributed by atoms with van der Waals surface area (Å²) >= 11 is 0. The van der Waals surface area contributed by atoms with E-state index in [0.29, 0.717) is 6.04 Å². The number of hydrogen-bond acceptors (Lipinski definition) is 2. The van der Waals surface area contributed by atoms with Crippen molar-refractivity contribution in [2.75, 3.05) is 13.1 Å². The molecule has 80 valence electrons. The zero-order valence-electron chi connectivity index (χ0n) is 8.92. The lowest BCUT2D eigenvalue weighted by atomic mass is 10.1. The van der Waals surface area contributed by atoms with E-state index >= 15 is 0 Å². The maximum atomic E-state index is 11.8. The van der Waals surface area contributed by atoms with Crippen molar-refractivity contribution >= 4 is 5.91 Å². The molecular weight excluding hydrogens is 188 g/mol. The van der Waals surface area contributed by atoms with E-state index in [1.165, 1.54) is 5.56 Å². The van der Waals surface area contributed by atoms with Crippen molar-refractivity contribution in [2.45, 2.75) is 19.4 Å². The van der Waals surface area contributed by atoms with Crippen LogP contribution >= 0.6 is 0 Å². The predicted molar refractivity (Wildman–Crippen MR) is 59.9 cm³/mol. The van der Waals surface area contributed by atoms with E-state index in [-0.39, 0.29) is 5.91 Å². The van der Waals surface area contributed by atoms with Crippen LogP contribution in [-0.2, 0) is 0 Å². The molecule has 1 atom stereocenters. The molecule has 2 N–H and O–H groups in total. The van der Waals surface area contributed by atoms with E-state index in [1.807, 2.05) is 31.2 Å². The fourth-order valence-corrected chi connectivity index (χ4v) is 1.75. The maximum absolute atomic E-state index is 11.8. The zero-order valence-corrected chi connectivity index (χ0v) is 8.92. The van der Waals surface area contributed by atoms with Crippen molar-refractivity contribution in [3.05, 3.63) is 35.4 Å². The summed E-state index contributed by atoms with van der Waals surface area (Å²) in [5.74, 6) is 0.0312. The van der Waals surface area contributed by atoms with Crippen LogP contribution in [0.3, 0.4) is 0 Å². The van der Waals surface area contributed by atoms with Gasteiger partial charge in [-0.25, -0.2) is 0 Å². The van der Waals surface area contributed by atoms with Gasteiger partial charge >= 0.3 is 0 Å². The third-order valence-electron chi connectivity index (χ3n) is 2.71. The molecule has 0 spiro atoms. The first-order valence-corrected chi connectivity index (χ1v) is 5.34. The Kier molecular flexibility index (Phi) is 3.02. The van der Waals surface area contributed by atoms with Crippen LogP contribution < -0.4 is 10.6 Å². The zero-order chi connectivity index (χ0) is 10.7. The summed E-state index contributed by atoms with van der Waals surface area (Å²) in [6.45, 7) is 3.90. The van der Waals surface area contributed by atoms with E-state index in [0.717, 1.165) is 25.1 Å². The number of rotatable bonds is 2. The number of nitrogens with one attached hydrogen (secondary N) is 2. The Balaban J connectivity index is 1.98. The van der Waals surface area contributed by atoms with Crippen molar-refractivity contribution < 1.29 is 4.79 Å². The van der Waals surface area contributed by atoms with Gasteiger partial charge < -0.3 is 10.6 Å². The predicted octanol–water partition coefficient (Wildman–Crippen LogP) is 1.09. The third kappa shape index (κ3) is 2.57. The Morgan fingerprint density at radius 2 is 2.13 bits per heavy atom. The molecule has 3 heteroatoms. The average molecular weight is 204 g/mol. The second-order valence-corrected chi connectivity index (χ2v) is 4.03. The van der Waals surface area contributed by atoms with E-state index in [2.05, 4.69) is 10.6 Å². The van der Waals surface area contributed by atoms with Gasteiger partial charge in [0, 0.05) is 18.2 Å². The van der Waals surface area contributed by atoms with Crippen molar-refractivity contribution in [3.63, 3.8) is 0 Å². The molecule has 1 aromatic carbocycles. The first-order chi connectivity index (χ1) is 7.25. The number of hydrogen-bond donors (Lipinski definition) is 2. The molecule has 1 aliphatic heterocycles. The lowest BCUT2D eigenvalue weighted by Crippen LogP contribution is -2.36. The largest absolute Gasteiger partial charge is 0.348 e. The highest BCUT2D eigenvalue weighted by Gasteiger charge is 2.17. The van der Waals surface area contributed by atoms with Gasteiger partial charge in [0.2, 0.25) is 0 Å². The lowest BCUT2D eigenvalue weighted by molar-refractivity contribution is 0.0940. The van der Waals surface area contributed by atoms with E-state index in [4.69, 9.17) is 0 Å². The molecule has 1 amide bonds. The number of benzene rings is 1. The first kappa shape index (κ1) is 10.2. The molecule has 2 rings (SSSR count). The second-order valence-electron chi connectivity index (χ2n) is 4.03. The van der Waals surface area contributed by atoms with Crippen LogP contribution in [0.5, 0.6) is 0 Å². The van der Waals surface area contributed by atoms with Crippen LogP contribution in [0.25, 0.3) is 0 Å². The fourth-order valence-electron chi connectivity index (χ4n) is 1.75. The molecular formula is C12H16N2O. The maximum Gasteiger partial charge on any atom is 0.251 e. The van der Waals surface area contributed by atoms with Crippen LogP contribution in [0.1, 0.15) is 22.3 Å². The van der Waals surface area contributed by atoms with Gasteiger partial charge in [-0.15, -0.1) is 0 Å². The van der Waals surface area contributed by atoms with Gasteiger partial charge in [-0.3, -0.25) is 4.79 Å².